The first-order chi connectivity index (χ1) is 8.34. The third kappa shape index (κ3) is 2.33. The van der Waals surface area contributed by atoms with Gasteiger partial charge in [-0.2, -0.15) is 0 Å². The maximum atomic E-state index is 11.6. The van der Waals surface area contributed by atoms with Crippen LogP contribution in [-0.4, -0.2) is 49.6 Å². The average Bonchev–Trinajstić information content (AvgIpc) is 3.00. The van der Waals surface area contributed by atoms with Crippen LogP contribution >= 0.6 is 0 Å². The maximum absolute atomic E-state index is 11.6. The van der Waals surface area contributed by atoms with Crippen LogP contribution in [-0.2, 0) is 4.79 Å². The number of nitrogens with one attached hydrogen (secondary N) is 2. The number of carbonyl (C=O) groups excluding carboxylic acids is 1. The van der Waals surface area contributed by atoms with Gasteiger partial charge in [0.2, 0.25) is 5.91 Å². The summed E-state index contributed by atoms with van der Waals surface area (Å²) in [5.41, 5.74) is 0. The lowest BCUT2D eigenvalue weighted by atomic mass is 9.83. The smallest absolute Gasteiger partial charge is 0.237 e. The monoisotopic (exact) mass is 237 g/mol. The van der Waals surface area contributed by atoms with E-state index in [1.54, 1.807) is 0 Å². The molecule has 17 heavy (non-hydrogen) atoms. The zero-order chi connectivity index (χ0) is 11.7. The van der Waals surface area contributed by atoms with E-state index in [4.69, 9.17) is 0 Å². The minimum atomic E-state index is 0.178. The Morgan fingerprint density at radius 3 is 2.41 bits per heavy atom. The largest absolute Gasteiger partial charge is 0.355 e. The highest BCUT2D eigenvalue weighted by Gasteiger charge is 2.35. The van der Waals surface area contributed by atoms with Crippen LogP contribution in [0.15, 0.2) is 0 Å². The summed E-state index contributed by atoms with van der Waals surface area (Å²) < 4.78 is 0. The Balaban J connectivity index is 1.51. The molecule has 3 rings (SSSR count). The highest BCUT2D eigenvalue weighted by Crippen LogP contribution is 2.30. The lowest BCUT2D eigenvalue weighted by Crippen LogP contribution is -2.46. The molecule has 3 aliphatic rings. The van der Waals surface area contributed by atoms with Gasteiger partial charge in [0.1, 0.15) is 0 Å². The highest BCUT2D eigenvalue weighted by molar-refractivity contribution is 5.83. The fourth-order valence-corrected chi connectivity index (χ4v) is 3.71. The van der Waals surface area contributed by atoms with Crippen molar-refractivity contribution in [3.8, 4) is 0 Å². The van der Waals surface area contributed by atoms with Crippen molar-refractivity contribution in [3.05, 3.63) is 0 Å². The van der Waals surface area contributed by atoms with Gasteiger partial charge in [0, 0.05) is 6.54 Å². The Kier molecular flexibility index (Phi) is 3.34. The molecule has 96 valence electrons. The van der Waals surface area contributed by atoms with Gasteiger partial charge in [-0.05, 0) is 63.7 Å². The lowest BCUT2D eigenvalue weighted by molar-refractivity contribution is -0.124. The van der Waals surface area contributed by atoms with Gasteiger partial charge in [-0.15, -0.1) is 0 Å². The minimum Gasteiger partial charge on any atom is -0.355 e. The van der Waals surface area contributed by atoms with E-state index in [-0.39, 0.29) is 11.9 Å². The molecule has 3 fully saturated rings. The third-order valence-electron chi connectivity index (χ3n) is 4.80. The van der Waals surface area contributed by atoms with Crippen LogP contribution in [0.5, 0.6) is 0 Å². The molecule has 0 aromatic carbocycles. The van der Waals surface area contributed by atoms with E-state index in [0.717, 1.165) is 37.9 Å². The second kappa shape index (κ2) is 4.94. The van der Waals surface area contributed by atoms with Crippen molar-refractivity contribution in [3.63, 3.8) is 0 Å². The normalized spacial score (nSPS) is 36.4. The highest BCUT2D eigenvalue weighted by atomic mass is 16.2. The molecule has 2 unspecified atom stereocenters. The Morgan fingerprint density at radius 2 is 1.82 bits per heavy atom. The summed E-state index contributed by atoms with van der Waals surface area (Å²) in [6, 6.07) is 0.178. The number of hydrogen-bond acceptors (Lipinski definition) is 3. The van der Waals surface area contributed by atoms with E-state index in [1.165, 1.54) is 32.4 Å². The van der Waals surface area contributed by atoms with E-state index in [2.05, 4.69) is 15.5 Å². The van der Waals surface area contributed by atoms with Gasteiger partial charge in [0.05, 0.1) is 6.04 Å². The van der Waals surface area contributed by atoms with E-state index in [0.29, 0.717) is 0 Å². The van der Waals surface area contributed by atoms with Crippen LogP contribution in [0.2, 0.25) is 0 Å². The van der Waals surface area contributed by atoms with Gasteiger partial charge in [0.25, 0.3) is 0 Å². The maximum Gasteiger partial charge on any atom is 0.237 e. The van der Waals surface area contributed by atoms with Crippen molar-refractivity contribution in [2.75, 3.05) is 32.7 Å². The van der Waals surface area contributed by atoms with E-state index < -0.39 is 0 Å². The number of hydrogen-bond donors (Lipinski definition) is 2. The standard InChI is InChI=1S/C13H23N3O/c17-13-12(2-6-15-13)16-7-3-10(4-8-16)11-1-5-14-9-11/h10-12,14H,1-9H2,(H,15,17). The van der Waals surface area contributed by atoms with Crippen molar-refractivity contribution in [2.45, 2.75) is 31.7 Å². The SMILES string of the molecule is O=C1NCCC1N1CCC(C2CCNC2)CC1. The topological polar surface area (TPSA) is 44.4 Å². The summed E-state index contributed by atoms with van der Waals surface area (Å²) in [5.74, 6) is 2.05. The van der Waals surface area contributed by atoms with Crippen LogP contribution in [0.25, 0.3) is 0 Å². The molecule has 3 saturated heterocycles. The van der Waals surface area contributed by atoms with Crippen molar-refractivity contribution < 1.29 is 4.79 Å². The molecule has 4 nitrogen and oxygen atoms in total. The van der Waals surface area contributed by atoms with Gasteiger partial charge in [-0.1, -0.05) is 0 Å². The van der Waals surface area contributed by atoms with Gasteiger partial charge in [-0.25, -0.2) is 0 Å². The van der Waals surface area contributed by atoms with Gasteiger partial charge in [0.15, 0.2) is 0 Å². The van der Waals surface area contributed by atoms with Crippen molar-refractivity contribution >= 4 is 5.91 Å². The zero-order valence-electron chi connectivity index (χ0n) is 10.5. The molecule has 0 radical (unpaired) electrons. The van der Waals surface area contributed by atoms with Crippen LogP contribution in [0.4, 0.5) is 0 Å². The Labute approximate surface area is 103 Å². The molecule has 4 heteroatoms. The molecule has 1 amide bonds. The summed E-state index contributed by atoms with van der Waals surface area (Å²) in [4.78, 5) is 14.1. The minimum absolute atomic E-state index is 0.178. The third-order valence-corrected chi connectivity index (χ3v) is 4.80. The number of rotatable bonds is 2. The quantitative estimate of drug-likeness (QED) is 0.721. The van der Waals surface area contributed by atoms with E-state index in [9.17, 15) is 4.79 Å². The average molecular weight is 237 g/mol. The molecule has 0 bridgehead atoms. The van der Waals surface area contributed by atoms with E-state index >= 15 is 0 Å². The fourth-order valence-electron chi connectivity index (χ4n) is 3.71. The number of amides is 1. The molecule has 0 spiro atoms. The molecule has 0 saturated carbocycles. The molecule has 0 aromatic rings. The van der Waals surface area contributed by atoms with Gasteiger partial charge < -0.3 is 10.6 Å². The molecule has 3 aliphatic heterocycles. The Bertz CT molecular complexity index is 280. The molecule has 2 atom stereocenters. The zero-order valence-corrected chi connectivity index (χ0v) is 10.5. The second-order valence-corrected chi connectivity index (χ2v) is 5.72. The van der Waals surface area contributed by atoms with Crippen molar-refractivity contribution in [1.29, 1.82) is 0 Å². The van der Waals surface area contributed by atoms with Crippen molar-refractivity contribution in [1.82, 2.24) is 15.5 Å². The first-order valence-electron chi connectivity index (χ1n) is 7.07. The summed E-state index contributed by atoms with van der Waals surface area (Å²) in [6.07, 6.45) is 4.94. The molecular formula is C13H23N3O. The van der Waals surface area contributed by atoms with Crippen LogP contribution in [0.1, 0.15) is 25.7 Å². The first kappa shape index (κ1) is 11.5. The predicted octanol–water partition coefficient (Wildman–Crippen LogP) is 0.196. The summed E-state index contributed by atoms with van der Waals surface area (Å²) in [6.45, 7) is 5.54. The summed E-state index contributed by atoms with van der Waals surface area (Å²) in [7, 11) is 0. The van der Waals surface area contributed by atoms with Crippen molar-refractivity contribution in [2.24, 2.45) is 11.8 Å². The summed E-state index contributed by atoms with van der Waals surface area (Å²) >= 11 is 0. The number of carbonyl (C=O) groups is 1. The Morgan fingerprint density at radius 1 is 1.00 bits per heavy atom. The second-order valence-electron chi connectivity index (χ2n) is 5.72. The molecule has 0 aromatic heterocycles. The molecule has 0 aliphatic carbocycles. The van der Waals surface area contributed by atoms with Crippen LogP contribution in [0, 0.1) is 11.8 Å². The van der Waals surface area contributed by atoms with Gasteiger partial charge >= 0.3 is 0 Å². The molecule has 2 N–H and O–H groups in total. The van der Waals surface area contributed by atoms with Crippen LogP contribution < -0.4 is 10.6 Å². The summed E-state index contributed by atoms with van der Waals surface area (Å²) in [5, 5.41) is 6.41. The molecular weight excluding hydrogens is 214 g/mol. The molecule has 3 heterocycles. The van der Waals surface area contributed by atoms with Gasteiger partial charge in [-0.3, -0.25) is 9.69 Å². The number of piperidine rings is 1. The number of nitrogens with zero attached hydrogens (tertiary/aromatic N) is 1. The Hall–Kier alpha value is -0.610. The van der Waals surface area contributed by atoms with E-state index in [1.807, 2.05) is 0 Å². The fraction of sp³-hybridized carbons (Fsp3) is 0.923. The predicted molar refractivity (Wildman–Crippen MR) is 66.7 cm³/mol. The van der Waals surface area contributed by atoms with Crippen LogP contribution in [0.3, 0.4) is 0 Å². The first-order valence-corrected chi connectivity index (χ1v) is 7.07. The number of likely N-dealkylation sites (tertiary alicyclic amines) is 1. The lowest BCUT2D eigenvalue weighted by Gasteiger charge is -2.36.